The first kappa shape index (κ1) is 12.1. The van der Waals surface area contributed by atoms with Gasteiger partial charge in [-0.05, 0) is 48.3 Å². The number of hydrogen-bond acceptors (Lipinski definition) is 1. The van der Waals surface area contributed by atoms with Crippen LogP contribution in [-0.2, 0) is 5.41 Å². The number of nitrogens with zero attached hydrogens (tertiary/aromatic N) is 1. The molecule has 2 bridgehead atoms. The van der Waals surface area contributed by atoms with Crippen molar-refractivity contribution in [1.29, 1.82) is 0 Å². The minimum Gasteiger partial charge on any atom is -0.260 e. The minimum absolute atomic E-state index is 0.475. The van der Waals surface area contributed by atoms with E-state index in [9.17, 15) is 0 Å². The van der Waals surface area contributed by atoms with Crippen LogP contribution in [0.25, 0.3) is 11.1 Å². The third-order valence-electron chi connectivity index (χ3n) is 5.23. The lowest BCUT2D eigenvalue weighted by atomic mass is 9.43. The van der Waals surface area contributed by atoms with Gasteiger partial charge in [-0.2, -0.15) is 0 Å². The van der Waals surface area contributed by atoms with E-state index in [0.717, 1.165) is 5.92 Å². The molecule has 1 heteroatoms. The van der Waals surface area contributed by atoms with Gasteiger partial charge >= 0.3 is 0 Å². The second-order valence-electron chi connectivity index (χ2n) is 6.97. The van der Waals surface area contributed by atoms with Gasteiger partial charge in [0, 0.05) is 22.9 Å². The van der Waals surface area contributed by atoms with Crippen LogP contribution >= 0.6 is 0 Å². The quantitative estimate of drug-likeness (QED) is 0.765. The maximum atomic E-state index is 4.76. The Kier molecular flexibility index (Phi) is 2.54. The Balaban J connectivity index is 1.63. The van der Waals surface area contributed by atoms with Gasteiger partial charge in [0.1, 0.15) is 0 Å². The van der Waals surface area contributed by atoms with E-state index in [1.807, 2.05) is 0 Å². The summed E-state index contributed by atoms with van der Waals surface area (Å²) in [7, 11) is 0. The molecule has 102 valence electrons. The largest absolute Gasteiger partial charge is 0.260 e. The molecule has 0 unspecified atom stereocenters. The monoisotopic (exact) mass is 263 g/mol. The summed E-state index contributed by atoms with van der Waals surface area (Å²) in [6, 6.07) is 13.3. The van der Waals surface area contributed by atoms with Gasteiger partial charge in [-0.3, -0.25) is 4.98 Å². The maximum absolute atomic E-state index is 4.76. The lowest BCUT2D eigenvalue weighted by molar-refractivity contribution is -0.0308. The summed E-state index contributed by atoms with van der Waals surface area (Å²) in [5.74, 6) is 1.59. The van der Waals surface area contributed by atoms with Crippen molar-refractivity contribution < 1.29 is 0 Å². The van der Waals surface area contributed by atoms with Gasteiger partial charge in [-0.25, -0.2) is 0 Å². The van der Waals surface area contributed by atoms with Crippen LogP contribution in [0.3, 0.4) is 0 Å². The lowest BCUT2D eigenvalue weighted by Gasteiger charge is -2.61. The third kappa shape index (κ3) is 1.72. The van der Waals surface area contributed by atoms with Crippen molar-refractivity contribution in [3.8, 4) is 11.1 Å². The first-order chi connectivity index (χ1) is 9.66. The van der Waals surface area contributed by atoms with Crippen LogP contribution in [0.5, 0.6) is 0 Å². The molecule has 3 aliphatic rings. The normalized spacial score (nSPS) is 27.1. The molecular formula is C19H21N. The predicted octanol–water partition coefficient (Wildman–Crippen LogP) is 4.92. The molecule has 0 saturated heterocycles. The zero-order valence-corrected chi connectivity index (χ0v) is 12.3. The molecule has 0 amide bonds. The van der Waals surface area contributed by atoms with Crippen LogP contribution in [0, 0.1) is 5.92 Å². The molecule has 1 aromatic carbocycles. The van der Waals surface area contributed by atoms with Crippen LogP contribution < -0.4 is 0 Å². The van der Waals surface area contributed by atoms with E-state index in [4.69, 9.17) is 4.98 Å². The molecular weight excluding hydrogens is 242 g/mol. The molecule has 1 nitrogen and oxygen atoms in total. The molecule has 5 rings (SSSR count). The SMILES string of the molecule is CC(C)c1cccc(-c2ccc(C34CC(C3)C4)nc2)c1. The fourth-order valence-electron chi connectivity index (χ4n) is 3.75. The van der Waals surface area contributed by atoms with Crippen molar-refractivity contribution in [2.24, 2.45) is 5.92 Å². The molecule has 3 aliphatic carbocycles. The van der Waals surface area contributed by atoms with Crippen LogP contribution in [0.4, 0.5) is 0 Å². The molecule has 3 saturated carbocycles. The number of aromatic nitrogens is 1. The van der Waals surface area contributed by atoms with E-state index >= 15 is 0 Å². The Morgan fingerprint density at radius 1 is 1.05 bits per heavy atom. The van der Waals surface area contributed by atoms with Gasteiger partial charge in [0.25, 0.3) is 0 Å². The highest BCUT2D eigenvalue weighted by Crippen LogP contribution is 2.64. The van der Waals surface area contributed by atoms with Crippen LogP contribution in [-0.4, -0.2) is 4.98 Å². The van der Waals surface area contributed by atoms with Crippen molar-refractivity contribution in [2.45, 2.75) is 44.4 Å². The molecule has 20 heavy (non-hydrogen) atoms. The average molecular weight is 263 g/mol. The van der Waals surface area contributed by atoms with Gasteiger partial charge in [0.15, 0.2) is 0 Å². The number of hydrogen-bond donors (Lipinski definition) is 0. The summed E-state index contributed by atoms with van der Waals surface area (Å²) in [6.45, 7) is 4.48. The van der Waals surface area contributed by atoms with Crippen molar-refractivity contribution >= 4 is 0 Å². The van der Waals surface area contributed by atoms with Gasteiger partial charge in [0.2, 0.25) is 0 Å². The summed E-state index contributed by atoms with van der Waals surface area (Å²) < 4.78 is 0. The maximum Gasteiger partial charge on any atom is 0.0466 e. The van der Waals surface area contributed by atoms with Gasteiger partial charge in [0.05, 0.1) is 0 Å². The lowest BCUT2D eigenvalue weighted by Crippen LogP contribution is -2.55. The minimum atomic E-state index is 0.475. The number of pyridine rings is 1. The van der Waals surface area contributed by atoms with Crippen molar-refractivity contribution in [3.63, 3.8) is 0 Å². The smallest absolute Gasteiger partial charge is 0.0466 e. The second kappa shape index (κ2) is 4.18. The molecule has 0 aliphatic heterocycles. The number of benzene rings is 1. The first-order valence-corrected chi connectivity index (χ1v) is 7.73. The van der Waals surface area contributed by atoms with E-state index in [2.05, 4.69) is 56.4 Å². The van der Waals surface area contributed by atoms with Crippen LogP contribution in [0.2, 0.25) is 0 Å². The Labute approximate surface area is 121 Å². The van der Waals surface area contributed by atoms with Crippen molar-refractivity contribution in [1.82, 2.24) is 4.98 Å². The molecule has 0 radical (unpaired) electrons. The Morgan fingerprint density at radius 3 is 2.40 bits per heavy atom. The highest BCUT2D eigenvalue weighted by atomic mass is 14.8. The van der Waals surface area contributed by atoms with E-state index in [0.29, 0.717) is 11.3 Å². The zero-order valence-electron chi connectivity index (χ0n) is 12.3. The summed E-state index contributed by atoms with van der Waals surface area (Å²) in [5, 5.41) is 0. The fraction of sp³-hybridized carbons (Fsp3) is 0.421. The van der Waals surface area contributed by atoms with Gasteiger partial charge < -0.3 is 0 Å². The highest BCUT2D eigenvalue weighted by molar-refractivity contribution is 5.63. The number of rotatable bonds is 3. The van der Waals surface area contributed by atoms with E-state index in [1.54, 1.807) is 0 Å². The Hall–Kier alpha value is -1.63. The molecule has 1 heterocycles. The fourth-order valence-corrected chi connectivity index (χ4v) is 3.75. The zero-order chi connectivity index (χ0) is 13.7. The van der Waals surface area contributed by atoms with Gasteiger partial charge in [-0.1, -0.05) is 44.2 Å². The predicted molar refractivity (Wildman–Crippen MR) is 82.8 cm³/mol. The molecule has 1 aromatic heterocycles. The summed E-state index contributed by atoms with van der Waals surface area (Å²) in [4.78, 5) is 4.76. The summed E-state index contributed by atoms with van der Waals surface area (Å²) >= 11 is 0. The molecule has 2 aromatic rings. The summed E-state index contributed by atoms with van der Waals surface area (Å²) in [5.41, 5.74) is 5.72. The summed E-state index contributed by atoms with van der Waals surface area (Å²) in [6.07, 6.45) is 6.20. The van der Waals surface area contributed by atoms with Crippen molar-refractivity contribution in [3.05, 3.63) is 53.9 Å². The highest BCUT2D eigenvalue weighted by Gasteiger charge is 2.58. The van der Waals surface area contributed by atoms with Gasteiger partial charge in [-0.15, -0.1) is 0 Å². The molecule has 3 fully saturated rings. The Bertz CT molecular complexity index is 622. The topological polar surface area (TPSA) is 12.9 Å². The van der Waals surface area contributed by atoms with E-state index in [1.165, 1.54) is 41.6 Å². The second-order valence-corrected chi connectivity index (χ2v) is 6.97. The van der Waals surface area contributed by atoms with Crippen LogP contribution in [0.15, 0.2) is 42.6 Å². The molecule has 0 spiro atoms. The van der Waals surface area contributed by atoms with Crippen molar-refractivity contribution in [2.75, 3.05) is 0 Å². The third-order valence-corrected chi connectivity index (χ3v) is 5.23. The standard InChI is InChI=1S/C19H21N/c1-13(2)15-4-3-5-16(8-15)17-6-7-18(20-12-17)19-9-14(10-19)11-19/h3-8,12-14H,9-11H2,1-2H3. The van der Waals surface area contributed by atoms with Crippen LogP contribution in [0.1, 0.15) is 50.3 Å². The molecule has 0 atom stereocenters. The first-order valence-electron chi connectivity index (χ1n) is 7.73. The van der Waals surface area contributed by atoms with E-state index in [-0.39, 0.29) is 0 Å². The Morgan fingerprint density at radius 2 is 1.85 bits per heavy atom. The molecule has 0 N–H and O–H groups in total. The average Bonchev–Trinajstić information content (AvgIpc) is 2.36. The van der Waals surface area contributed by atoms with E-state index < -0.39 is 0 Å².